The molecule has 2 aromatic carbocycles. The lowest BCUT2D eigenvalue weighted by Gasteiger charge is -2.32. The second-order valence-corrected chi connectivity index (χ2v) is 8.25. The fraction of sp³-hybridized carbons (Fsp3) is 0.286. The first kappa shape index (κ1) is 16.7. The molecule has 1 aliphatic rings. The summed E-state index contributed by atoms with van der Waals surface area (Å²) < 4.78 is 2.88. The number of anilines is 1. The number of hydrogen-bond donors (Lipinski definition) is 0. The number of nitrogens with zero attached hydrogens (tertiary/aromatic N) is 5. The van der Waals surface area contributed by atoms with E-state index in [0.29, 0.717) is 5.92 Å². The molecule has 0 N–H and O–H groups in total. The van der Waals surface area contributed by atoms with E-state index >= 15 is 0 Å². The standard InChI is InChI=1S/C21H20BrN5/c1-14-6-5-11-26(13-14)20-17-9-2-3-10-18(17)27-21(23-20)19(24-25-27)15-7-4-8-16(22)12-15/h2-4,7-10,12,14H,5-6,11,13H2,1H3/t14-/m1/s1. The molecule has 136 valence electrons. The lowest BCUT2D eigenvalue weighted by Crippen LogP contribution is -2.35. The summed E-state index contributed by atoms with van der Waals surface area (Å²) in [7, 11) is 0. The van der Waals surface area contributed by atoms with Crippen molar-refractivity contribution in [1.29, 1.82) is 0 Å². The molecular formula is C21H20BrN5. The molecule has 6 heteroatoms. The van der Waals surface area contributed by atoms with Crippen LogP contribution in [0.15, 0.2) is 53.0 Å². The third-order valence-corrected chi connectivity index (χ3v) is 5.78. The summed E-state index contributed by atoms with van der Waals surface area (Å²) in [5.41, 5.74) is 3.68. The van der Waals surface area contributed by atoms with Gasteiger partial charge in [0.25, 0.3) is 0 Å². The van der Waals surface area contributed by atoms with Crippen LogP contribution in [0.3, 0.4) is 0 Å². The maximum Gasteiger partial charge on any atom is 0.186 e. The predicted molar refractivity (Wildman–Crippen MR) is 112 cm³/mol. The normalized spacial score (nSPS) is 17.7. The third-order valence-electron chi connectivity index (χ3n) is 5.29. The summed E-state index contributed by atoms with van der Waals surface area (Å²) >= 11 is 3.55. The second-order valence-electron chi connectivity index (χ2n) is 7.33. The summed E-state index contributed by atoms with van der Waals surface area (Å²) in [6, 6.07) is 16.5. The highest BCUT2D eigenvalue weighted by Gasteiger charge is 2.22. The number of rotatable bonds is 2. The molecule has 0 spiro atoms. The minimum atomic E-state index is 0.683. The molecule has 0 radical (unpaired) electrons. The maximum absolute atomic E-state index is 5.08. The highest BCUT2D eigenvalue weighted by atomic mass is 79.9. The Hall–Kier alpha value is -2.47. The highest BCUT2D eigenvalue weighted by Crippen LogP contribution is 2.32. The molecular weight excluding hydrogens is 402 g/mol. The number of aromatic nitrogens is 4. The van der Waals surface area contributed by atoms with Crippen LogP contribution in [0.1, 0.15) is 19.8 Å². The zero-order chi connectivity index (χ0) is 18.4. The first-order valence-electron chi connectivity index (χ1n) is 9.36. The molecule has 2 aromatic heterocycles. The fourth-order valence-electron chi connectivity index (χ4n) is 3.99. The molecule has 5 rings (SSSR count). The average Bonchev–Trinajstić information content (AvgIpc) is 3.11. The molecule has 1 aliphatic heterocycles. The van der Waals surface area contributed by atoms with Gasteiger partial charge in [-0.05, 0) is 43.0 Å². The zero-order valence-corrected chi connectivity index (χ0v) is 16.7. The summed E-state index contributed by atoms with van der Waals surface area (Å²) in [6.45, 7) is 4.41. The van der Waals surface area contributed by atoms with Gasteiger partial charge in [0, 0.05) is 28.5 Å². The van der Waals surface area contributed by atoms with Crippen molar-refractivity contribution in [2.24, 2.45) is 5.92 Å². The zero-order valence-electron chi connectivity index (χ0n) is 15.1. The Morgan fingerprint density at radius 2 is 2.00 bits per heavy atom. The summed E-state index contributed by atoms with van der Waals surface area (Å²) in [4.78, 5) is 7.50. The third kappa shape index (κ3) is 2.88. The van der Waals surface area contributed by atoms with Gasteiger partial charge < -0.3 is 4.90 Å². The molecule has 0 unspecified atom stereocenters. The van der Waals surface area contributed by atoms with Gasteiger partial charge in [0.2, 0.25) is 0 Å². The fourth-order valence-corrected chi connectivity index (χ4v) is 4.39. The van der Waals surface area contributed by atoms with Crippen molar-refractivity contribution in [3.63, 3.8) is 0 Å². The number of hydrogen-bond acceptors (Lipinski definition) is 4. The van der Waals surface area contributed by atoms with E-state index in [1.165, 1.54) is 12.8 Å². The molecule has 0 saturated carbocycles. The largest absolute Gasteiger partial charge is 0.356 e. The number of para-hydroxylation sites is 1. The molecule has 27 heavy (non-hydrogen) atoms. The molecule has 0 bridgehead atoms. The Morgan fingerprint density at radius 3 is 2.85 bits per heavy atom. The molecule has 0 aliphatic carbocycles. The van der Waals surface area contributed by atoms with Gasteiger partial charge in [0.05, 0.1) is 5.52 Å². The number of piperidine rings is 1. The Bertz CT molecular complexity index is 1140. The maximum atomic E-state index is 5.08. The van der Waals surface area contributed by atoms with E-state index in [1.54, 1.807) is 0 Å². The van der Waals surface area contributed by atoms with Crippen molar-refractivity contribution >= 4 is 38.3 Å². The SMILES string of the molecule is C[C@@H]1CCCN(c2nc3c(-c4cccc(Br)c4)nnn3c3ccccc23)C1. The van der Waals surface area contributed by atoms with Crippen LogP contribution in [-0.2, 0) is 0 Å². The topological polar surface area (TPSA) is 46.3 Å². The van der Waals surface area contributed by atoms with Crippen molar-refractivity contribution in [2.75, 3.05) is 18.0 Å². The van der Waals surface area contributed by atoms with Crippen LogP contribution >= 0.6 is 15.9 Å². The van der Waals surface area contributed by atoms with E-state index < -0.39 is 0 Å². The number of fused-ring (bicyclic) bond motifs is 3. The molecule has 0 amide bonds. The summed E-state index contributed by atoms with van der Waals surface area (Å²) in [6.07, 6.45) is 2.49. The van der Waals surface area contributed by atoms with Gasteiger partial charge in [-0.25, -0.2) is 4.98 Å². The van der Waals surface area contributed by atoms with E-state index in [-0.39, 0.29) is 0 Å². The smallest absolute Gasteiger partial charge is 0.186 e. The summed E-state index contributed by atoms with van der Waals surface area (Å²) in [5.74, 6) is 1.73. The Morgan fingerprint density at radius 1 is 1.11 bits per heavy atom. The highest BCUT2D eigenvalue weighted by molar-refractivity contribution is 9.10. The van der Waals surface area contributed by atoms with Gasteiger partial charge in [-0.3, -0.25) is 0 Å². The lowest BCUT2D eigenvalue weighted by molar-refractivity contribution is 0.445. The van der Waals surface area contributed by atoms with E-state index in [0.717, 1.165) is 51.2 Å². The molecule has 3 heterocycles. The van der Waals surface area contributed by atoms with E-state index in [2.05, 4.69) is 62.3 Å². The first-order chi connectivity index (χ1) is 13.2. The Balaban J connectivity index is 1.77. The molecule has 1 fully saturated rings. The van der Waals surface area contributed by atoms with Crippen LogP contribution in [0.4, 0.5) is 5.82 Å². The molecule has 1 atom stereocenters. The van der Waals surface area contributed by atoms with Crippen molar-refractivity contribution in [2.45, 2.75) is 19.8 Å². The average molecular weight is 422 g/mol. The van der Waals surface area contributed by atoms with Gasteiger partial charge in [0.1, 0.15) is 11.5 Å². The van der Waals surface area contributed by atoms with Gasteiger partial charge in [-0.15, -0.1) is 5.10 Å². The van der Waals surface area contributed by atoms with Crippen molar-refractivity contribution in [3.05, 3.63) is 53.0 Å². The monoisotopic (exact) mass is 421 g/mol. The summed E-state index contributed by atoms with van der Waals surface area (Å²) in [5, 5.41) is 10.0. The Labute approximate surface area is 166 Å². The predicted octanol–water partition coefficient (Wildman–Crippen LogP) is 4.94. The van der Waals surface area contributed by atoms with Crippen LogP contribution in [0.25, 0.3) is 27.8 Å². The quantitative estimate of drug-likeness (QED) is 0.459. The molecule has 4 aromatic rings. The molecule has 1 saturated heterocycles. The van der Waals surface area contributed by atoms with Crippen molar-refractivity contribution in [1.82, 2.24) is 19.8 Å². The number of halogens is 1. The minimum Gasteiger partial charge on any atom is -0.356 e. The van der Waals surface area contributed by atoms with Gasteiger partial charge >= 0.3 is 0 Å². The van der Waals surface area contributed by atoms with Crippen LogP contribution < -0.4 is 4.90 Å². The first-order valence-corrected chi connectivity index (χ1v) is 10.1. The van der Waals surface area contributed by atoms with E-state index in [4.69, 9.17) is 4.98 Å². The van der Waals surface area contributed by atoms with Crippen molar-refractivity contribution in [3.8, 4) is 11.3 Å². The Kier molecular flexibility index (Phi) is 4.08. The van der Waals surface area contributed by atoms with Gasteiger partial charge in [-0.1, -0.05) is 52.3 Å². The second kappa shape index (κ2) is 6.60. The molecule has 5 nitrogen and oxygen atoms in total. The van der Waals surface area contributed by atoms with Gasteiger partial charge in [-0.2, -0.15) is 4.52 Å². The number of benzene rings is 2. The van der Waals surface area contributed by atoms with E-state index in [9.17, 15) is 0 Å². The lowest BCUT2D eigenvalue weighted by atomic mass is 10.00. The minimum absolute atomic E-state index is 0.683. The van der Waals surface area contributed by atoms with Crippen LogP contribution in [0.5, 0.6) is 0 Å². The van der Waals surface area contributed by atoms with Crippen LogP contribution in [0.2, 0.25) is 0 Å². The van der Waals surface area contributed by atoms with Crippen LogP contribution in [0, 0.1) is 5.92 Å². The van der Waals surface area contributed by atoms with Crippen LogP contribution in [-0.4, -0.2) is 32.9 Å². The van der Waals surface area contributed by atoms with Gasteiger partial charge in [0.15, 0.2) is 5.65 Å². The van der Waals surface area contributed by atoms with Crippen molar-refractivity contribution < 1.29 is 0 Å². The van der Waals surface area contributed by atoms with E-state index in [1.807, 2.05) is 28.8 Å².